The zero-order valence-corrected chi connectivity index (χ0v) is 14.5. The van der Waals surface area contributed by atoms with Gasteiger partial charge < -0.3 is 10.2 Å². The van der Waals surface area contributed by atoms with E-state index in [0.717, 1.165) is 56.5 Å². The van der Waals surface area contributed by atoms with Gasteiger partial charge in [-0.15, -0.1) is 0 Å². The number of hydrogen-bond donors (Lipinski definition) is 1. The molecule has 5 fully saturated rings. The molecule has 1 saturated heterocycles. The number of nitrogens with one attached hydrogen (secondary N) is 1. The number of carbonyl (C=O) groups is 2. The highest BCUT2D eigenvalue weighted by Gasteiger charge is 2.55. The molecule has 0 aromatic heterocycles. The third-order valence-corrected chi connectivity index (χ3v) is 6.91. The molecule has 1 aliphatic heterocycles. The van der Waals surface area contributed by atoms with Gasteiger partial charge in [0.2, 0.25) is 11.8 Å². The van der Waals surface area contributed by atoms with Crippen molar-refractivity contribution in [1.29, 1.82) is 0 Å². The van der Waals surface area contributed by atoms with E-state index in [9.17, 15) is 9.59 Å². The maximum atomic E-state index is 13.2. The van der Waals surface area contributed by atoms with Crippen LogP contribution in [0.1, 0.15) is 58.8 Å². The molecule has 0 spiro atoms. The second-order valence-electron chi connectivity index (χ2n) is 9.07. The molecule has 1 atom stereocenters. The Morgan fingerprint density at radius 2 is 1.52 bits per heavy atom. The molecule has 5 aliphatic rings. The van der Waals surface area contributed by atoms with Crippen LogP contribution in [0.5, 0.6) is 0 Å². The van der Waals surface area contributed by atoms with E-state index in [4.69, 9.17) is 0 Å². The van der Waals surface area contributed by atoms with Crippen molar-refractivity contribution in [2.45, 2.75) is 64.8 Å². The van der Waals surface area contributed by atoms with Crippen molar-refractivity contribution in [1.82, 2.24) is 10.2 Å². The first-order chi connectivity index (χ1) is 11.0. The molecule has 4 nitrogen and oxygen atoms in total. The smallest absolute Gasteiger partial charge is 0.245 e. The highest BCUT2D eigenvalue weighted by Crippen LogP contribution is 2.60. The van der Waals surface area contributed by atoms with Crippen LogP contribution in [0.15, 0.2) is 0 Å². The number of amides is 2. The zero-order chi connectivity index (χ0) is 16.2. The third-order valence-electron chi connectivity index (χ3n) is 6.91. The van der Waals surface area contributed by atoms with E-state index >= 15 is 0 Å². The number of nitrogens with zero attached hydrogens (tertiary/aromatic N) is 1. The van der Waals surface area contributed by atoms with Crippen LogP contribution in [0, 0.1) is 29.1 Å². The van der Waals surface area contributed by atoms with Crippen LogP contribution in [0.4, 0.5) is 0 Å². The second kappa shape index (κ2) is 5.49. The fourth-order valence-electron chi connectivity index (χ4n) is 5.93. The van der Waals surface area contributed by atoms with Crippen molar-refractivity contribution in [2.24, 2.45) is 29.1 Å². The van der Waals surface area contributed by atoms with Crippen LogP contribution < -0.4 is 5.32 Å². The van der Waals surface area contributed by atoms with Crippen molar-refractivity contribution < 1.29 is 9.59 Å². The van der Waals surface area contributed by atoms with Crippen LogP contribution in [-0.2, 0) is 9.59 Å². The Labute approximate surface area is 139 Å². The van der Waals surface area contributed by atoms with E-state index in [2.05, 4.69) is 5.32 Å². The van der Waals surface area contributed by atoms with E-state index in [1.807, 2.05) is 18.7 Å². The lowest BCUT2D eigenvalue weighted by atomic mass is 9.49. The molecule has 23 heavy (non-hydrogen) atoms. The monoisotopic (exact) mass is 318 g/mol. The lowest BCUT2D eigenvalue weighted by molar-refractivity contribution is -0.151. The normalized spacial score (nSPS) is 39.3. The summed E-state index contributed by atoms with van der Waals surface area (Å²) in [6.07, 6.45) is 8.31. The summed E-state index contributed by atoms with van der Waals surface area (Å²) in [5.41, 5.74) is -0.156. The van der Waals surface area contributed by atoms with E-state index in [1.165, 1.54) is 19.3 Å². The first-order valence-corrected chi connectivity index (χ1v) is 9.56. The highest BCUT2D eigenvalue weighted by atomic mass is 16.2. The Morgan fingerprint density at radius 1 is 1.00 bits per heavy atom. The first kappa shape index (κ1) is 15.5. The quantitative estimate of drug-likeness (QED) is 0.866. The minimum atomic E-state index is -0.337. The molecule has 4 heteroatoms. The van der Waals surface area contributed by atoms with Crippen LogP contribution in [-0.4, -0.2) is 35.8 Å². The number of likely N-dealkylation sites (tertiary alicyclic amines) is 1. The van der Waals surface area contributed by atoms with E-state index in [-0.39, 0.29) is 29.2 Å². The molecule has 4 saturated carbocycles. The molecule has 128 valence electrons. The molecule has 4 bridgehead atoms. The Bertz CT molecular complexity index is 474. The topological polar surface area (TPSA) is 49.4 Å². The van der Waals surface area contributed by atoms with E-state index < -0.39 is 0 Å². The van der Waals surface area contributed by atoms with Gasteiger partial charge in [-0.2, -0.15) is 0 Å². The van der Waals surface area contributed by atoms with Crippen LogP contribution in [0.2, 0.25) is 0 Å². The maximum Gasteiger partial charge on any atom is 0.245 e. The first-order valence-electron chi connectivity index (χ1n) is 9.56. The second-order valence-corrected chi connectivity index (χ2v) is 9.07. The molecule has 1 heterocycles. The minimum Gasteiger partial charge on any atom is -0.344 e. The average Bonchev–Trinajstić information content (AvgIpc) is 2.40. The summed E-state index contributed by atoms with van der Waals surface area (Å²) >= 11 is 0. The number of rotatable bonds is 4. The van der Waals surface area contributed by atoms with Crippen molar-refractivity contribution >= 4 is 11.8 Å². The Morgan fingerprint density at radius 3 is 1.91 bits per heavy atom. The molecule has 0 radical (unpaired) electrons. The minimum absolute atomic E-state index is 0.129. The molecular formula is C19H30N2O2. The summed E-state index contributed by atoms with van der Waals surface area (Å²) < 4.78 is 0. The molecule has 4 aliphatic carbocycles. The largest absolute Gasteiger partial charge is 0.344 e. The van der Waals surface area contributed by atoms with Crippen LogP contribution in [0.3, 0.4) is 0 Å². The molecule has 5 rings (SSSR count). The summed E-state index contributed by atoms with van der Waals surface area (Å²) in [5.74, 6) is 2.75. The van der Waals surface area contributed by atoms with Crippen LogP contribution >= 0.6 is 0 Å². The Balaban J connectivity index is 1.48. The summed E-state index contributed by atoms with van der Waals surface area (Å²) in [6, 6.07) is -0.337. The third kappa shape index (κ3) is 2.58. The van der Waals surface area contributed by atoms with Gasteiger partial charge in [0.25, 0.3) is 0 Å². The van der Waals surface area contributed by atoms with E-state index in [0.29, 0.717) is 0 Å². The van der Waals surface area contributed by atoms with Crippen LogP contribution in [0.25, 0.3) is 0 Å². The predicted octanol–water partition coefficient (Wildman–Crippen LogP) is 2.58. The molecule has 1 unspecified atom stereocenters. The predicted molar refractivity (Wildman–Crippen MR) is 88.6 cm³/mol. The standard InChI is InChI=1S/C19H30N2O2/c1-12(2)16(17(22)21-4-3-5-21)20-18(23)19-9-13-6-14(10-19)8-15(7-13)11-19/h12-16H,3-11H2,1-2H3,(H,20,23). The highest BCUT2D eigenvalue weighted by molar-refractivity contribution is 5.90. The Hall–Kier alpha value is -1.06. The van der Waals surface area contributed by atoms with Crippen molar-refractivity contribution in [3.63, 3.8) is 0 Å². The summed E-state index contributed by atoms with van der Waals surface area (Å²) in [4.78, 5) is 27.7. The van der Waals surface area contributed by atoms with Gasteiger partial charge in [0, 0.05) is 18.5 Å². The van der Waals surface area contributed by atoms with E-state index in [1.54, 1.807) is 0 Å². The summed E-state index contributed by atoms with van der Waals surface area (Å²) in [6.45, 7) is 5.80. The van der Waals surface area contributed by atoms with Gasteiger partial charge in [-0.25, -0.2) is 0 Å². The zero-order valence-electron chi connectivity index (χ0n) is 14.5. The number of carbonyl (C=O) groups excluding carboxylic acids is 2. The summed E-state index contributed by atoms with van der Waals surface area (Å²) in [5, 5.41) is 3.19. The lowest BCUT2D eigenvalue weighted by Crippen LogP contribution is -2.60. The van der Waals surface area contributed by atoms with Gasteiger partial charge in [-0.1, -0.05) is 13.8 Å². The van der Waals surface area contributed by atoms with Gasteiger partial charge >= 0.3 is 0 Å². The lowest BCUT2D eigenvalue weighted by Gasteiger charge is -2.56. The molecule has 0 aromatic rings. The summed E-state index contributed by atoms with van der Waals surface area (Å²) in [7, 11) is 0. The SMILES string of the molecule is CC(C)C(NC(=O)C12CC3CC(CC(C3)C1)C2)C(=O)N1CCC1. The van der Waals surface area contributed by atoms with Crippen molar-refractivity contribution in [3.05, 3.63) is 0 Å². The molecular weight excluding hydrogens is 288 g/mol. The van der Waals surface area contributed by atoms with Gasteiger partial charge in [-0.3, -0.25) is 9.59 Å². The van der Waals surface area contributed by atoms with Gasteiger partial charge in [0.15, 0.2) is 0 Å². The number of hydrogen-bond acceptors (Lipinski definition) is 2. The van der Waals surface area contributed by atoms with Crippen molar-refractivity contribution in [2.75, 3.05) is 13.1 Å². The molecule has 2 amide bonds. The van der Waals surface area contributed by atoms with Gasteiger partial charge in [-0.05, 0) is 68.6 Å². The van der Waals surface area contributed by atoms with Crippen molar-refractivity contribution in [3.8, 4) is 0 Å². The average molecular weight is 318 g/mol. The fourth-order valence-corrected chi connectivity index (χ4v) is 5.93. The maximum absolute atomic E-state index is 13.2. The van der Waals surface area contributed by atoms with Gasteiger partial charge in [0.1, 0.15) is 6.04 Å². The fraction of sp³-hybridized carbons (Fsp3) is 0.895. The Kier molecular flexibility index (Phi) is 3.69. The molecule has 0 aromatic carbocycles. The van der Waals surface area contributed by atoms with Gasteiger partial charge in [0.05, 0.1) is 0 Å². The molecule has 1 N–H and O–H groups in total.